The van der Waals surface area contributed by atoms with Gasteiger partial charge in [0.1, 0.15) is 12.4 Å². The first kappa shape index (κ1) is 21.5. The second kappa shape index (κ2) is 9.10. The number of benzene rings is 1. The predicted octanol–water partition coefficient (Wildman–Crippen LogP) is 2.35. The normalized spacial score (nSPS) is 21.8. The topological polar surface area (TPSA) is 65.8 Å². The molecule has 7 nitrogen and oxygen atoms in total. The van der Waals surface area contributed by atoms with Gasteiger partial charge in [-0.05, 0) is 25.0 Å². The van der Waals surface area contributed by atoms with Crippen molar-refractivity contribution in [1.82, 2.24) is 20.0 Å². The monoisotopic (exact) mass is 512 g/mol. The van der Waals surface area contributed by atoms with E-state index in [1.54, 1.807) is 21.8 Å². The molecule has 0 spiro atoms. The van der Waals surface area contributed by atoms with Crippen molar-refractivity contribution >= 4 is 41.5 Å². The Bertz CT molecular complexity index is 901. The number of nitrogens with zero attached hydrogens (tertiary/aromatic N) is 5. The average Bonchev–Trinajstić information content (AvgIpc) is 3.31. The fourth-order valence-corrected chi connectivity index (χ4v) is 3.70. The number of aromatic nitrogens is 2. The van der Waals surface area contributed by atoms with Gasteiger partial charge in [-0.3, -0.25) is 14.5 Å². The largest absolute Gasteiger partial charge is 0.353 e. The van der Waals surface area contributed by atoms with Gasteiger partial charge in [0.15, 0.2) is 5.96 Å². The van der Waals surface area contributed by atoms with Gasteiger partial charge in [0.25, 0.3) is 0 Å². The molecule has 2 heterocycles. The minimum Gasteiger partial charge on any atom is -0.353 e. The third-order valence-corrected chi connectivity index (χ3v) is 5.24. The Balaban J connectivity index is 0.00000240. The molecule has 29 heavy (non-hydrogen) atoms. The SMILES string of the molecule is CCN=C(NC1CC1c1ccccc1F)N1CCN(c2cnn(C)c2)C(=O)C1.I. The molecule has 0 bridgehead atoms. The highest BCUT2D eigenvalue weighted by molar-refractivity contribution is 14.0. The maximum Gasteiger partial charge on any atom is 0.246 e. The zero-order chi connectivity index (χ0) is 19.7. The van der Waals surface area contributed by atoms with Crippen LogP contribution in [0.25, 0.3) is 0 Å². The van der Waals surface area contributed by atoms with E-state index >= 15 is 0 Å². The lowest BCUT2D eigenvalue weighted by atomic mass is 10.1. The fraction of sp³-hybridized carbons (Fsp3) is 0.450. The molecule has 1 aromatic heterocycles. The molecule has 2 aromatic rings. The van der Waals surface area contributed by atoms with E-state index < -0.39 is 0 Å². The van der Waals surface area contributed by atoms with Crippen LogP contribution in [0.15, 0.2) is 41.7 Å². The van der Waals surface area contributed by atoms with E-state index in [1.165, 1.54) is 6.07 Å². The molecule has 1 saturated heterocycles. The third-order valence-electron chi connectivity index (χ3n) is 5.24. The van der Waals surface area contributed by atoms with Crippen LogP contribution in [0.3, 0.4) is 0 Å². The second-order valence-corrected chi connectivity index (χ2v) is 7.25. The molecule has 1 aliphatic carbocycles. The van der Waals surface area contributed by atoms with Gasteiger partial charge in [-0.25, -0.2) is 4.39 Å². The summed E-state index contributed by atoms with van der Waals surface area (Å²) < 4.78 is 15.7. The molecule has 0 radical (unpaired) electrons. The van der Waals surface area contributed by atoms with E-state index in [-0.39, 0.29) is 54.2 Å². The molecular formula is C20H26FIN6O. The van der Waals surface area contributed by atoms with Crippen LogP contribution in [0.2, 0.25) is 0 Å². The maximum atomic E-state index is 14.0. The van der Waals surface area contributed by atoms with Gasteiger partial charge in [-0.15, -0.1) is 24.0 Å². The number of aryl methyl sites for hydroxylation is 1. The summed E-state index contributed by atoms with van der Waals surface area (Å²) in [6, 6.07) is 7.07. The van der Waals surface area contributed by atoms with Crippen molar-refractivity contribution < 1.29 is 9.18 Å². The standard InChI is InChI=1S/C20H25FN6O.HI/c1-3-22-20(24-18-10-16(18)15-6-4-5-7-17(15)21)26-8-9-27(19(28)13-26)14-11-23-25(2)12-14;/h4-7,11-12,16,18H,3,8-10,13H2,1-2H3,(H,22,24);1H. The zero-order valence-electron chi connectivity index (χ0n) is 16.6. The van der Waals surface area contributed by atoms with E-state index in [9.17, 15) is 9.18 Å². The summed E-state index contributed by atoms with van der Waals surface area (Å²) in [6.07, 6.45) is 4.42. The molecule has 1 aromatic carbocycles. The number of carbonyl (C=O) groups excluding carboxylic acids is 1. The first-order valence-electron chi connectivity index (χ1n) is 9.66. The van der Waals surface area contributed by atoms with Gasteiger partial charge >= 0.3 is 0 Å². The second-order valence-electron chi connectivity index (χ2n) is 7.25. The number of amides is 1. The fourth-order valence-electron chi connectivity index (χ4n) is 3.70. The number of nitrogens with one attached hydrogen (secondary N) is 1. The Hall–Kier alpha value is -2.17. The van der Waals surface area contributed by atoms with Crippen LogP contribution in [0.1, 0.15) is 24.8 Å². The number of guanidine groups is 1. The molecule has 2 unspecified atom stereocenters. The number of halogens is 2. The number of rotatable bonds is 4. The van der Waals surface area contributed by atoms with Crippen molar-refractivity contribution in [3.8, 4) is 0 Å². The van der Waals surface area contributed by atoms with Crippen LogP contribution in [0.5, 0.6) is 0 Å². The summed E-state index contributed by atoms with van der Waals surface area (Å²) in [5.41, 5.74) is 1.56. The van der Waals surface area contributed by atoms with Crippen LogP contribution in [-0.4, -0.2) is 58.8 Å². The third kappa shape index (κ3) is 4.71. The molecular weight excluding hydrogens is 486 g/mol. The smallest absolute Gasteiger partial charge is 0.246 e. The van der Waals surface area contributed by atoms with Gasteiger partial charge in [0.05, 0.1) is 11.9 Å². The van der Waals surface area contributed by atoms with Gasteiger partial charge in [0.2, 0.25) is 5.91 Å². The Morgan fingerprint density at radius 1 is 1.34 bits per heavy atom. The Morgan fingerprint density at radius 2 is 2.14 bits per heavy atom. The minimum absolute atomic E-state index is 0. The summed E-state index contributed by atoms with van der Waals surface area (Å²) in [5, 5.41) is 7.58. The van der Waals surface area contributed by atoms with Gasteiger partial charge in [-0.1, -0.05) is 18.2 Å². The quantitative estimate of drug-likeness (QED) is 0.388. The van der Waals surface area contributed by atoms with Gasteiger partial charge in [0, 0.05) is 44.8 Å². The lowest BCUT2D eigenvalue weighted by molar-refractivity contribution is -0.120. The molecule has 2 aliphatic rings. The highest BCUT2D eigenvalue weighted by atomic mass is 127. The predicted molar refractivity (Wildman–Crippen MR) is 121 cm³/mol. The van der Waals surface area contributed by atoms with Crippen molar-refractivity contribution in [2.45, 2.75) is 25.3 Å². The first-order chi connectivity index (χ1) is 13.6. The highest BCUT2D eigenvalue weighted by Gasteiger charge is 2.41. The van der Waals surface area contributed by atoms with Crippen LogP contribution >= 0.6 is 24.0 Å². The van der Waals surface area contributed by atoms with Crippen LogP contribution < -0.4 is 10.2 Å². The van der Waals surface area contributed by atoms with E-state index in [0.717, 1.165) is 23.6 Å². The van der Waals surface area contributed by atoms with E-state index in [4.69, 9.17) is 0 Å². The lowest BCUT2D eigenvalue weighted by Crippen LogP contribution is -2.55. The molecule has 2 fully saturated rings. The molecule has 156 valence electrons. The minimum atomic E-state index is -0.161. The number of hydrogen-bond donors (Lipinski definition) is 1. The van der Waals surface area contributed by atoms with E-state index in [0.29, 0.717) is 19.6 Å². The van der Waals surface area contributed by atoms with E-state index in [2.05, 4.69) is 15.4 Å². The number of carbonyl (C=O) groups is 1. The highest BCUT2D eigenvalue weighted by Crippen LogP contribution is 2.41. The van der Waals surface area contributed by atoms with Crippen LogP contribution in [0.4, 0.5) is 10.1 Å². The Morgan fingerprint density at radius 3 is 2.79 bits per heavy atom. The number of aliphatic imine (C=N–C) groups is 1. The summed E-state index contributed by atoms with van der Waals surface area (Å²) in [5.74, 6) is 0.735. The molecule has 1 amide bonds. The number of anilines is 1. The van der Waals surface area contributed by atoms with Crippen molar-refractivity contribution in [2.24, 2.45) is 12.0 Å². The molecule has 1 aliphatic heterocycles. The number of piperazine rings is 1. The lowest BCUT2D eigenvalue weighted by Gasteiger charge is -2.35. The molecule has 1 N–H and O–H groups in total. The Labute approximate surface area is 187 Å². The molecule has 4 rings (SSSR count). The van der Waals surface area contributed by atoms with Crippen molar-refractivity contribution in [3.63, 3.8) is 0 Å². The molecule has 1 saturated carbocycles. The van der Waals surface area contributed by atoms with Gasteiger partial charge in [-0.2, -0.15) is 5.10 Å². The van der Waals surface area contributed by atoms with E-state index in [1.807, 2.05) is 37.2 Å². The van der Waals surface area contributed by atoms with Crippen molar-refractivity contribution in [1.29, 1.82) is 0 Å². The first-order valence-corrected chi connectivity index (χ1v) is 9.66. The summed E-state index contributed by atoms with van der Waals surface area (Å²) in [7, 11) is 1.84. The van der Waals surface area contributed by atoms with Crippen molar-refractivity contribution in [3.05, 3.63) is 48.0 Å². The summed E-state index contributed by atoms with van der Waals surface area (Å²) in [6.45, 7) is 4.12. The summed E-state index contributed by atoms with van der Waals surface area (Å²) in [4.78, 5) is 21.0. The zero-order valence-corrected chi connectivity index (χ0v) is 18.9. The van der Waals surface area contributed by atoms with Crippen LogP contribution in [-0.2, 0) is 11.8 Å². The Kier molecular flexibility index (Phi) is 6.76. The van der Waals surface area contributed by atoms with Crippen molar-refractivity contribution in [2.75, 3.05) is 31.1 Å². The average molecular weight is 512 g/mol. The molecule has 2 atom stereocenters. The summed E-state index contributed by atoms with van der Waals surface area (Å²) >= 11 is 0. The van der Waals surface area contributed by atoms with Crippen LogP contribution in [0, 0.1) is 5.82 Å². The maximum absolute atomic E-state index is 14.0. The number of hydrogen-bond acceptors (Lipinski definition) is 3. The van der Waals surface area contributed by atoms with Gasteiger partial charge < -0.3 is 15.1 Å². The molecule has 9 heteroatoms.